The second kappa shape index (κ2) is 2.82. The van der Waals surface area contributed by atoms with Gasteiger partial charge in [0.05, 0.1) is 6.20 Å². The van der Waals surface area contributed by atoms with E-state index in [0.717, 1.165) is 0 Å². The molecule has 3 nitrogen and oxygen atoms in total. The highest BCUT2D eigenvalue weighted by molar-refractivity contribution is 6.40. The predicted octanol–water partition coefficient (Wildman–Crippen LogP) is 1.66. The summed E-state index contributed by atoms with van der Waals surface area (Å²) < 4.78 is 0. The van der Waals surface area contributed by atoms with Crippen molar-refractivity contribution in [3.05, 3.63) is 22.2 Å². The molecule has 1 heterocycles. The van der Waals surface area contributed by atoms with Crippen LogP contribution in [0.2, 0.25) is 10.3 Å². The maximum Gasteiger partial charge on any atom is 0.167 e. The molecule has 50 valence electrons. The van der Waals surface area contributed by atoms with Gasteiger partial charge in [-0.3, -0.25) is 0 Å². The van der Waals surface area contributed by atoms with E-state index in [9.17, 15) is 0 Å². The van der Waals surface area contributed by atoms with Crippen LogP contribution < -0.4 is 0 Å². The zero-order chi connectivity index (χ0) is 7.56. The Balaban J connectivity index is 3.20. The lowest BCUT2D eigenvalue weighted by molar-refractivity contribution is 1.16. The SMILES string of the molecule is N#Cc1cnc(Cl)c(Cl)n1. The molecule has 0 N–H and O–H groups in total. The van der Waals surface area contributed by atoms with Crippen molar-refractivity contribution in [1.82, 2.24) is 9.97 Å². The minimum Gasteiger partial charge on any atom is -0.238 e. The number of rotatable bonds is 0. The first-order valence-corrected chi connectivity index (χ1v) is 3.08. The van der Waals surface area contributed by atoms with Gasteiger partial charge in [-0.1, -0.05) is 23.2 Å². The fourth-order valence-corrected chi connectivity index (χ4v) is 0.637. The third-order valence-electron chi connectivity index (χ3n) is 0.804. The summed E-state index contributed by atoms with van der Waals surface area (Å²) in [6, 6.07) is 1.78. The van der Waals surface area contributed by atoms with Gasteiger partial charge >= 0.3 is 0 Å². The Morgan fingerprint density at radius 1 is 1.40 bits per heavy atom. The van der Waals surface area contributed by atoms with Gasteiger partial charge in [0.2, 0.25) is 0 Å². The van der Waals surface area contributed by atoms with Gasteiger partial charge in [0.25, 0.3) is 0 Å². The van der Waals surface area contributed by atoms with Crippen molar-refractivity contribution in [1.29, 1.82) is 5.26 Å². The Kier molecular flexibility index (Phi) is 2.05. The third kappa shape index (κ3) is 1.35. The molecule has 0 aliphatic rings. The number of aromatic nitrogens is 2. The van der Waals surface area contributed by atoms with E-state index in [0.29, 0.717) is 0 Å². The predicted molar refractivity (Wildman–Crippen MR) is 36.8 cm³/mol. The molecule has 0 aliphatic carbocycles. The van der Waals surface area contributed by atoms with Crippen molar-refractivity contribution in [2.45, 2.75) is 0 Å². The molecule has 0 saturated carbocycles. The summed E-state index contributed by atoms with van der Waals surface area (Å²) in [4.78, 5) is 7.20. The maximum absolute atomic E-state index is 8.30. The summed E-state index contributed by atoms with van der Waals surface area (Å²) in [5.41, 5.74) is 0.161. The molecule has 0 aromatic carbocycles. The molecule has 1 rings (SSSR count). The minimum atomic E-state index is 0.0562. The van der Waals surface area contributed by atoms with Gasteiger partial charge in [-0.05, 0) is 0 Å². The van der Waals surface area contributed by atoms with Crippen LogP contribution >= 0.6 is 23.2 Å². The van der Waals surface area contributed by atoms with Crippen LogP contribution in [0.4, 0.5) is 0 Å². The van der Waals surface area contributed by atoms with Crippen molar-refractivity contribution in [2.75, 3.05) is 0 Å². The lowest BCUT2D eigenvalue weighted by atomic mass is 10.5. The van der Waals surface area contributed by atoms with E-state index in [1.54, 1.807) is 6.07 Å². The molecule has 0 atom stereocenters. The summed E-state index contributed by atoms with van der Waals surface area (Å²) >= 11 is 10.9. The zero-order valence-corrected chi connectivity index (χ0v) is 6.19. The van der Waals surface area contributed by atoms with Crippen molar-refractivity contribution in [3.63, 3.8) is 0 Å². The van der Waals surface area contributed by atoms with Crippen LogP contribution in [0.1, 0.15) is 5.69 Å². The van der Waals surface area contributed by atoms with E-state index in [2.05, 4.69) is 9.97 Å². The third-order valence-corrected chi connectivity index (χ3v) is 1.44. The van der Waals surface area contributed by atoms with Crippen molar-refractivity contribution in [2.24, 2.45) is 0 Å². The number of nitrogens with zero attached hydrogens (tertiary/aromatic N) is 3. The lowest BCUT2D eigenvalue weighted by Crippen LogP contribution is -1.86. The highest BCUT2D eigenvalue weighted by Crippen LogP contribution is 2.14. The number of hydrogen-bond donors (Lipinski definition) is 0. The lowest BCUT2D eigenvalue weighted by Gasteiger charge is -1.90. The van der Waals surface area contributed by atoms with Gasteiger partial charge in [0, 0.05) is 0 Å². The molecule has 0 bridgehead atoms. The number of hydrogen-bond acceptors (Lipinski definition) is 3. The molecular weight excluding hydrogens is 173 g/mol. The largest absolute Gasteiger partial charge is 0.238 e. The van der Waals surface area contributed by atoms with Crippen molar-refractivity contribution < 1.29 is 0 Å². The molecule has 0 spiro atoms. The fraction of sp³-hybridized carbons (Fsp3) is 0. The first-order chi connectivity index (χ1) is 4.74. The summed E-state index contributed by atoms with van der Waals surface area (Å²) in [7, 11) is 0. The van der Waals surface area contributed by atoms with Gasteiger partial charge in [-0.25, -0.2) is 9.97 Å². The molecule has 0 amide bonds. The maximum atomic E-state index is 8.30. The smallest absolute Gasteiger partial charge is 0.167 e. The molecule has 0 radical (unpaired) electrons. The van der Waals surface area contributed by atoms with Gasteiger partial charge in [0.1, 0.15) is 6.07 Å². The first-order valence-electron chi connectivity index (χ1n) is 2.32. The molecule has 0 saturated heterocycles. The van der Waals surface area contributed by atoms with Crippen LogP contribution in [0, 0.1) is 11.3 Å². The monoisotopic (exact) mass is 173 g/mol. The van der Waals surface area contributed by atoms with Crippen LogP contribution in [0.25, 0.3) is 0 Å². The Hall–Kier alpha value is -0.850. The van der Waals surface area contributed by atoms with Crippen LogP contribution in [-0.2, 0) is 0 Å². The average molecular weight is 174 g/mol. The van der Waals surface area contributed by atoms with Crippen molar-refractivity contribution >= 4 is 23.2 Å². The summed E-state index contributed by atoms with van der Waals surface area (Å²) in [5.74, 6) is 0. The van der Waals surface area contributed by atoms with Crippen LogP contribution in [0.5, 0.6) is 0 Å². The van der Waals surface area contributed by atoms with Crippen molar-refractivity contribution in [3.8, 4) is 6.07 Å². The molecule has 0 aliphatic heterocycles. The highest BCUT2D eigenvalue weighted by atomic mass is 35.5. The fourth-order valence-electron chi connectivity index (χ4n) is 0.406. The average Bonchev–Trinajstić information content (AvgIpc) is 1.95. The second-order valence-electron chi connectivity index (χ2n) is 1.45. The quantitative estimate of drug-likeness (QED) is 0.600. The van der Waals surface area contributed by atoms with E-state index in [1.807, 2.05) is 0 Å². The van der Waals surface area contributed by atoms with Crippen LogP contribution in [0.15, 0.2) is 6.20 Å². The summed E-state index contributed by atoms with van der Waals surface area (Å²) in [6.45, 7) is 0. The molecule has 5 heteroatoms. The van der Waals surface area contributed by atoms with E-state index in [4.69, 9.17) is 28.5 Å². The van der Waals surface area contributed by atoms with E-state index >= 15 is 0 Å². The molecule has 0 unspecified atom stereocenters. The van der Waals surface area contributed by atoms with Crippen LogP contribution in [0.3, 0.4) is 0 Å². The molecule has 1 aromatic rings. The Morgan fingerprint density at radius 2 is 2.10 bits per heavy atom. The Labute approximate surface area is 67.2 Å². The topological polar surface area (TPSA) is 49.6 Å². The number of halogens is 2. The number of nitriles is 1. The summed E-state index contributed by atoms with van der Waals surface area (Å²) in [5, 5.41) is 8.47. The van der Waals surface area contributed by atoms with E-state index < -0.39 is 0 Å². The van der Waals surface area contributed by atoms with Gasteiger partial charge in [0.15, 0.2) is 16.0 Å². The second-order valence-corrected chi connectivity index (χ2v) is 2.16. The normalized spacial score (nSPS) is 8.90. The zero-order valence-electron chi connectivity index (χ0n) is 4.67. The molecule has 0 fully saturated rings. The van der Waals surface area contributed by atoms with Gasteiger partial charge in [-0.15, -0.1) is 0 Å². The summed E-state index contributed by atoms with van der Waals surface area (Å²) in [6.07, 6.45) is 1.26. The van der Waals surface area contributed by atoms with Gasteiger partial charge < -0.3 is 0 Å². The molecular formula is C5HCl2N3. The molecule has 10 heavy (non-hydrogen) atoms. The van der Waals surface area contributed by atoms with Gasteiger partial charge in [-0.2, -0.15) is 5.26 Å². The Bertz CT molecular complexity index is 291. The molecule has 1 aromatic heterocycles. The Morgan fingerprint density at radius 3 is 2.60 bits per heavy atom. The van der Waals surface area contributed by atoms with E-state index in [1.165, 1.54) is 6.20 Å². The van der Waals surface area contributed by atoms with E-state index in [-0.39, 0.29) is 16.0 Å². The minimum absolute atomic E-state index is 0.0562. The first kappa shape index (κ1) is 7.26. The highest BCUT2D eigenvalue weighted by Gasteiger charge is 2.00. The van der Waals surface area contributed by atoms with Crippen LogP contribution in [-0.4, -0.2) is 9.97 Å². The standard InChI is InChI=1S/C5HCl2N3/c6-4-5(7)10-3(1-8)2-9-4/h2H.